The molecule has 3 aliphatic rings. The number of hydrogen-bond acceptors (Lipinski definition) is 6. The summed E-state index contributed by atoms with van der Waals surface area (Å²) in [6.07, 6.45) is 0. The number of rotatable bonds is 1. The van der Waals surface area contributed by atoms with E-state index in [1.807, 2.05) is 13.8 Å². The zero-order chi connectivity index (χ0) is 28.6. The summed E-state index contributed by atoms with van der Waals surface area (Å²) in [6.45, 7) is 7.06. The van der Waals surface area contributed by atoms with Crippen molar-refractivity contribution in [1.82, 2.24) is 25.2 Å². The third-order valence-electron chi connectivity index (χ3n) is 7.24. The SMILES string of the molecule is CC#Cc1c2c(cc(F)c1-c1c(O)cccc1F)CN(C(=O)N1CCN(C(=O)N3N=C(C)C(C)N3)CC1)CCO2. The molecule has 1 unspecified atom stereocenters. The number of ether oxygens (including phenoxy) is 1. The smallest absolute Gasteiger partial charge is 0.355 e. The molecule has 5 rings (SSSR count). The fourth-order valence-corrected chi connectivity index (χ4v) is 4.99. The minimum atomic E-state index is -0.794. The third-order valence-corrected chi connectivity index (χ3v) is 7.24. The van der Waals surface area contributed by atoms with Gasteiger partial charge in [-0.05, 0) is 39.0 Å². The maximum absolute atomic E-state index is 15.5. The van der Waals surface area contributed by atoms with Crippen LogP contribution in [0.2, 0.25) is 0 Å². The number of hydrazone groups is 1. The van der Waals surface area contributed by atoms with Crippen molar-refractivity contribution >= 4 is 17.8 Å². The van der Waals surface area contributed by atoms with Gasteiger partial charge in [0.05, 0.1) is 36.0 Å². The molecule has 2 aromatic carbocycles. The van der Waals surface area contributed by atoms with E-state index in [1.54, 1.807) is 21.6 Å². The number of urea groups is 2. The van der Waals surface area contributed by atoms with Crippen molar-refractivity contribution in [2.24, 2.45) is 5.10 Å². The molecule has 0 aliphatic carbocycles. The van der Waals surface area contributed by atoms with Crippen LogP contribution in [0.5, 0.6) is 11.5 Å². The Morgan fingerprint density at radius 2 is 1.75 bits per heavy atom. The molecule has 3 aliphatic heterocycles. The van der Waals surface area contributed by atoms with Crippen LogP contribution >= 0.6 is 0 Å². The predicted molar refractivity (Wildman–Crippen MR) is 143 cm³/mol. The summed E-state index contributed by atoms with van der Waals surface area (Å²) < 4.78 is 36.2. The predicted octanol–water partition coefficient (Wildman–Crippen LogP) is 3.35. The van der Waals surface area contributed by atoms with E-state index in [0.717, 1.165) is 11.8 Å². The summed E-state index contributed by atoms with van der Waals surface area (Å²) in [7, 11) is 0. The molecule has 0 radical (unpaired) electrons. The second kappa shape index (κ2) is 11.0. The number of carbonyl (C=O) groups excluding carboxylic acids is 2. The Morgan fingerprint density at radius 1 is 1.05 bits per heavy atom. The molecular formula is C28H30F2N6O4. The monoisotopic (exact) mass is 552 g/mol. The molecule has 4 amide bonds. The number of phenols is 1. The second-order valence-corrected chi connectivity index (χ2v) is 9.82. The lowest BCUT2D eigenvalue weighted by Gasteiger charge is -2.37. The fourth-order valence-electron chi connectivity index (χ4n) is 4.99. The van der Waals surface area contributed by atoms with E-state index in [0.29, 0.717) is 31.7 Å². The third kappa shape index (κ3) is 5.00. The molecule has 210 valence electrons. The molecule has 1 saturated heterocycles. The van der Waals surface area contributed by atoms with Crippen LogP contribution in [0.1, 0.15) is 31.9 Å². The number of hydrogen-bond donors (Lipinski definition) is 2. The van der Waals surface area contributed by atoms with Crippen molar-refractivity contribution in [1.29, 1.82) is 0 Å². The van der Waals surface area contributed by atoms with Gasteiger partial charge in [0.15, 0.2) is 0 Å². The van der Waals surface area contributed by atoms with Gasteiger partial charge < -0.3 is 24.5 Å². The first-order valence-electron chi connectivity index (χ1n) is 13.0. The average molecular weight is 553 g/mol. The highest BCUT2D eigenvalue weighted by atomic mass is 19.1. The van der Waals surface area contributed by atoms with Crippen LogP contribution in [0.4, 0.5) is 18.4 Å². The summed E-state index contributed by atoms with van der Waals surface area (Å²) in [6, 6.07) is 4.38. The summed E-state index contributed by atoms with van der Waals surface area (Å²) in [5.41, 5.74) is 3.83. The molecule has 0 spiro atoms. The van der Waals surface area contributed by atoms with Crippen molar-refractivity contribution in [2.75, 3.05) is 39.3 Å². The Hall–Kier alpha value is -4.37. The largest absolute Gasteiger partial charge is 0.507 e. The number of benzene rings is 2. The Labute approximate surface area is 230 Å². The summed E-state index contributed by atoms with van der Waals surface area (Å²) in [5.74, 6) is 3.78. The highest BCUT2D eigenvalue weighted by Crippen LogP contribution is 2.41. The number of phenolic OH excluding ortho intramolecular Hbond substituents is 1. The minimum absolute atomic E-state index is 0.0258. The Morgan fingerprint density at radius 3 is 2.38 bits per heavy atom. The van der Waals surface area contributed by atoms with Crippen LogP contribution < -0.4 is 10.2 Å². The van der Waals surface area contributed by atoms with Crippen molar-refractivity contribution in [3.63, 3.8) is 0 Å². The zero-order valence-corrected chi connectivity index (χ0v) is 22.5. The molecule has 1 fully saturated rings. The van der Waals surface area contributed by atoms with Crippen LogP contribution in [0.3, 0.4) is 0 Å². The van der Waals surface area contributed by atoms with Crippen LogP contribution in [0, 0.1) is 23.5 Å². The van der Waals surface area contributed by atoms with Crippen molar-refractivity contribution in [3.05, 3.63) is 47.0 Å². The van der Waals surface area contributed by atoms with E-state index in [-0.39, 0.29) is 60.2 Å². The Kier molecular flexibility index (Phi) is 7.49. The van der Waals surface area contributed by atoms with E-state index >= 15 is 4.39 Å². The van der Waals surface area contributed by atoms with Gasteiger partial charge >= 0.3 is 12.1 Å². The molecule has 0 saturated carbocycles. The average Bonchev–Trinajstić information content (AvgIpc) is 3.13. The Bertz CT molecular complexity index is 1420. The molecule has 3 heterocycles. The van der Waals surface area contributed by atoms with Crippen molar-refractivity contribution in [3.8, 4) is 34.5 Å². The first-order chi connectivity index (χ1) is 19.2. The number of amides is 4. The molecule has 2 N–H and O–H groups in total. The van der Waals surface area contributed by atoms with Gasteiger partial charge in [-0.2, -0.15) is 5.10 Å². The number of hydrazine groups is 1. The topological polar surface area (TPSA) is 101 Å². The van der Waals surface area contributed by atoms with Crippen LogP contribution in [0.15, 0.2) is 29.4 Å². The fraction of sp³-hybridized carbons (Fsp3) is 0.393. The van der Waals surface area contributed by atoms with Gasteiger partial charge in [0.25, 0.3) is 0 Å². The quantitative estimate of drug-likeness (QED) is 0.529. The lowest BCUT2D eigenvalue weighted by molar-refractivity contribution is 0.0949. The number of nitrogens with one attached hydrogen (secondary N) is 1. The molecule has 12 heteroatoms. The van der Waals surface area contributed by atoms with E-state index in [1.165, 1.54) is 23.3 Å². The summed E-state index contributed by atoms with van der Waals surface area (Å²) in [5, 5.41) is 15.8. The standard InChI is InChI=1S/C28H30F2N6O4/c1-4-6-20-24(25-21(29)7-5-8-23(25)37)22(30)15-19-16-35(13-14-40-26(19)20)27(38)33-9-11-34(12-10-33)28(39)36-31-17(2)18(3)32-36/h5,7-8,15,17,31,37H,9-14,16H2,1-3H3. The number of carbonyl (C=O) groups is 2. The molecule has 1 atom stereocenters. The van der Waals surface area contributed by atoms with Gasteiger partial charge in [-0.3, -0.25) is 0 Å². The van der Waals surface area contributed by atoms with Crippen LogP contribution in [-0.2, 0) is 6.54 Å². The van der Waals surface area contributed by atoms with Gasteiger partial charge in [0, 0.05) is 37.3 Å². The molecule has 40 heavy (non-hydrogen) atoms. The number of aromatic hydroxyl groups is 1. The zero-order valence-electron chi connectivity index (χ0n) is 22.5. The first kappa shape index (κ1) is 27.2. The van der Waals surface area contributed by atoms with Crippen LogP contribution in [-0.4, -0.2) is 88.1 Å². The van der Waals surface area contributed by atoms with Crippen LogP contribution in [0.25, 0.3) is 11.1 Å². The number of fused-ring (bicyclic) bond motifs is 1. The van der Waals surface area contributed by atoms with Gasteiger partial charge in [-0.15, -0.1) is 11.0 Å². The highest BCUT2D eigenvalue weighted by molar-refractivity contribution is 5.90. The molecule has 2 aromatic rings. The highest BCUT2D eigenvalue weighted by Gasteiger charge is 2.34. The number of halogens is 2. The van der Waals surface area contributed by atoms with E-state index in [4.69, 9.17) is 4.74 Å². The lowest BCUT2D eigenvalue weighted by Crippen LogP contribution is -2.57. The maximum atomic E-state index is 15.5. The van der Waals surface area contributed by atoms with Crippen molar-refractivity contribution < 1.29 is 28.2 Å². The normalized spacial score (nSPS) is 18.8. The summed E-state index contributed by atoms with van der Waals surface area (Å²) in [4.78, 5) is 31.1. The second-order valence-electron chi connectivity index (χ2n) is 9.82. The molecule has 0 bridgehead atoms. The van der Waals surface area contributed by atoms with Gasteiger partial charge in [-0.1, -0.05) is 12.0 Å². The van der Waals surface area contributed by atoms with Crippen molar-refractivity contribution in [2.45, 2.75) is 33.4 Å². The summed E-state index contributed by atoms with van der Waals surface area (Å²) >= 11 is 0. The first-order valence-corrected chi connectivity index (χ1v) is 13.0. The van der Waals surface area contributed by atoms with E-state index in [9.17, 15) is 19.1 Å². The lowest BCUT2D eigenvalue weighted by atomic mass is 9.94. The van der Waals surface area contributed by atoms with Gasteiger partial charge in [-0.25, -0.2) is 23.8 Å². The molecule has 0 aromatic heterocycles. The van der Waals surface area contributed by atoms with E-state index < -0.39 is 17.4 Å². The van der Waals surface area contributed by atoms with Gasteiger partial charge in [0.2, 0.25) is 0 Å². The molecular weight excluding hydrogens is 522 g/mol. The Balaban J connectivity index is 1.34. The number of piperazine rings is 1. The van der Waals surface area contributed by atoms with Gasteiger partial charge in [0.1, 0.15) is 29.7 Å². The maximum Gasteiger partial charge on any atom is 0.355 e. The number of nitrogens with zero attached hydrogens (tertiary/aromatic N) is 5. The minimum Gasteiger partial charge on any atom is -0.507 e. The molecule has 10 nitrogen and oxygen atoms in total. The van der Waals surface area contributed by atoms with E-state index in [2.05, 4.69) is 22.4 Å².